The summed E-state index contributed by atoms with van der Waals surface area (Å²) in [5, 5.41) is 16.0. The molecule has 6 rings (SSSR count). The van der Waals surface area contributed by atoms with Crippen LogP contribution in [0.4, 0.5) is 0 Å². The molecule has 0 saturated heterocycles. The number of hydrogen-bond acceptors (Lipinski definition) is 5. The molecule has 0 spiro atoms. The lowest BCUT2D eigenvalue weighted by molar-refractivity contribution is -0.137. The Bertz CT molecular complexity index is 1580. The van der Waals surface area contributed by atoms with Crippen LogP contribution in [-0.2, 0) is 25.2 Å². The van der Waals surface area contributed by atoms with Gasteiger partial charge >= 0.3 is 0 Å². The lowest BCUT2D eigenvalue weighted by Gasteiger charge is -2.33. The molecule has 2 aliphatic rings. The number of aliphatic hydroxyl groups excluding tert-OH is 2. The van der Waals surface area contributed by atoms with Crippen molar-refractivity contribution in [2.24, 2.45) is 0 Å². The number of likely N-dealkylation sites (N-methyl/N-ethyl adjacent to an activating group) is 2. The predicted molar refractivity (Wildman–Crippen MR) is 293 cm³/mol. The second-order valence-corrected chi connectivity index (χ2v) is 16.1. The number of nitrogens with zero attached hydrogens (tertiary/aromatic N) is 2. The summed E-state index contributed by atoms with van der Waals surface area (Å²) in [6, 6.07) is 40.8. The molecule has 374 valence electrons. The number of rotatable bonds is 9. The Balaban J connectivity index is -0.000000244. The molecule has 2 amide bonds. The number of hydrogen-bond donors (Lipinski definition) is 2. The summed E-state index contributed by atoms with van der Waals surface area (Å²) < 4.78 is 5.14. The van der Waals surface area contributed by atoms with Crippen LogP contribution in [0, 0.1) is 0 Å². The zero-order valence-corrected chi connectivity index (χ0v) is 45.7. The molecule has 6 radical (unpaired) electrons. The van der Waals surface area contributed by atoms with E-state index in [9.17, 15) is 9.59 Å². The van der Waals surface area contributed by atoms with Crippen LogP contribution in [-0.4, -0.2) is 89.1 Å². The van der Waals surface area contributed by atoms with Crippen LogP contribution >= 0.6 is 0 Å². The average Bonchev–Trinajstić information content (AvgIpc) is 4.14. The molecule has 2 aliphatic carbocycles. The molecule has 0 aromatic heterocycles. The van der Waals surface area contributed by atoms with Crippen molar-refractivity contribution in [2.75, 3.05) is 28.3 Å². The zero-order chi connectivity index (χ0) is 50.4. The van der Waals surface area contributed by atoms with E-state index in [0.717, 1.165) is 49.5 Å². The Morgan fingerprint density at radius 3 is 0.970 bits per heavy atom. The van der Waals surface area contributed by atoms with Gasteiger partial charge in [-0.2, -0.15) is 0 Å². The van der Waals surface area contributed by atoms with Gasteiger partial charge in [-0.25, -0.2) is 0 Å². The van der Waals surface area contributed by atoms with E-state index in [1.807, 2.05) is 223 Å². The van der Waals surface area contributed by atoms with Gasteiger partial charge in [0.1, 0.15) is 0 Å². The molecular weight excluding hydrogens is 826 g/mol. The Morgan fingerprint density at radius 1 is 0.507 bits per heavy atom. The molecule has 2 unspecified atom stereocenters. The monoisotopic (exact) mass is 923 g/mol. The van der Waals surface area contributed by atoms with E-state index >= 15 is 0 Å². The van der Waals surface area contributed by atoms with Crippen molar-refractivity contribution in [1.29, 1.82) is 0 Å². The molecule has 4 aromatic carbocycles. The molecule has 2 N–H and O–H groups in total. The molecule has 0 bridgehead atoms. The maximum atomic E-state index is 12.7. The fourth-order valence-corrected chi connectivity index (χ4v) is 7.34. The van der Waals surface area contributed by atoms with Crippen LogP contribution in [0.2, 0.25) is 0 Å². The third-order valence-corrected chi connectivity index (χ3v) is 11.4. The molecule has 9 heteroatoms. The smallest absolute Gasteiger partial charge is 0.232 e. The fourth-order valence-electron chi connectivity index (χ4n) is 7.34. The summed E-state index contributed by atoms with van der Waals surface area (Å²) in [5.41, 5.74) is 3.53. The van der Waals surface area contributed by atoms with Crippen molar-refractivity contribution < 1.29 is 24.5 Å². The van der Waals surface area contributed by atoms with Crippen molar-refractivity contribution in [3.63, 3.8) is 0 Å². The maximum absolute atomic E-state index is 12.7. The lowest BCUT2D eigenvalue weighted by atomic mass is 9.83. The number of benzene rings is 4. The van der Waals surface area contributed by atoms with Gasteiger partial charge in [-0.15, -0.1) is 0 Å². The summed E-state index contributed by atoms with van der Waals surface area (Å²) in [5.74, 6) is 0.473. The molecule has 2 fully saturated rings. The molecule has 2 atom stereocenters. The average molecular weight is 923 g/mol. The van der Waals surface area contributed by atoms with Gasteiger partial charge in [0.15, 0.2) is 0 Å². The van der Waals surface area contributed by atoms with E-state index in [4.69, 9.17) is 14.9 Å². The van der Waals surface area contributed by atoms with Crippen LogP contribution in [0.25, 0.3) is 0 Å². The fraction of sp³-hybridized carbons (Fsp3) is 0.552. The minimum atomic E-state index is -0.432. The number of aliphatic hydroxyl groups is 2. The van der Waals surface area contributed by atoms with E-state index in [-0.39, 0.29) is 40.8 Å². The van der Waals surface area contributed by atoms with Crippen molar-refractivity contribution in [3.8, 4) is 0 Å². The Labute approximate surface area is 416 Å². The van der Waals surface area contributed by atoms with Gasteiger partial charge in [0, 0.05) is 57.2 Å². The number of amides is 2. The Kier molecular flexibility index (Phi) is 46.2. The van der Waals surface area contributed by atoms with E-state index in [0.29, 0.717) is 12.1 Å². The van der Waals surface area contributed by atoms with Gasteiger partial charge in [-0.05, 0) is 89.5 Å². The molecule has 0 heterocycles. The highest BCUT2D eigenvalue weighted by Crippen LogP contribution is 2.31. The predicted octanol–water partition coefficient (Wildman–Crippen LogP) is 13.8. The maximum Gasteiger partial charge on any atom is 0.232 e. The van der Waals surface area contributed by atoms with E-state index in [2.05, 4.69) is 12.1 Å². The molecule has 7 nitrogen and oxygen atoms in total. The number of methoxy groups -OCH3 is 1. The largest absolute Gasteiger partial charge is 0.400 e. The van der Waals surface area contributed by atoms with Crippen molar-refractivity contribution >= 4 is 28.6 Å². The van der Waals surface area contributed by atoms with Crippen LogP contribution in [0.1, 0.15) is 183 Å². The van der Waals surface area contributed by atoms with Gasteiger partial charge in [-0.3, -0.25) is 9.59 Å². The lowest BCUT2D eigenvalue weighted by Crippen LogP contribution is -2.45. The second kappa shape index (κ2) is 43.1. The minimum Gasteiger partial charge on any atom is -0.400 e. The van der Waals surface area contributed by atoms with Crippen molar-refractivity contribution in [1.82, 2.24) is 9.80 Å². The van der Waals surface area contributed by atoms with Crippen molar-refractivity contribution in [3.05, 3.63) is 144 Å². The molecule has 4 aromatic rings. The summed E-state index contributed by atoms with van der Waals surface area (Å²) in [7, 11) is 6.64. The summed E-state index contributed by atoms with van der Waals surface area (Å²) in [6.07, 6.45) is 9.54. The van der Waals surface area contributed by atoms with Gasteiger partial charge in [0.25, 0.3) is 0 Å². The highest BCUT2D eigenvalue weighted by molar-refractivity contribution is 5.88. The number of carbonyl (C=O) groups excluding carboxylic acids is 2. The Morgan fingerprint density at radius 2 is 0.746 bits per heavy atom. The highest BCUT2D eigenvalue weighted by atomic mass is 16.5. The second-order valence-electron chi connectivity index (χ2n) is 16.1. The van der Waals surface area contributed by atoms with E-state index in [1.54, 1.807) is 14.0 Å². The van der Waals surface area contributed by atoms with Crippen LogP contribution in [0.3, 0.4) is 0 Å². The molecule has 67 heavy (non-hydrogen) atoms. The van der Waals surface area contributed by atoms with Crippen LogP contribution in [0.5, 0.6) is 0 Å². The first-order valence-electron chi connectivity index (χ1n) is 24.6. The first kappa shape index (κ1) is 71.8. The van der Waals surface area contributed by atoms with Gasteiger partial charge in [-0.1, -0.05) is 202 Å². The van der Waals surface area contributed by atoms with E-state index in [1.165, 1.54) is 31.2 Å². The standard InChI is InChI=1S/2C16H23NO.C9H12O.C8H10O.4C2H6.CH4O.2B/c2*1-16(2,13-9-5-4-6-10-13)15(18)17(3)14-11-7-8-12-14;1-8(10-2)9-6-4-3-5-7-9;1-7(9)8-5-3-2-4-6-8;5*1-2;;/h2*4-6,9-10,14H,7-8,11-12H2,1-3H3;3-8H,1-2H3;2-7,9H,1H3;4*1-2H3;2H,1H3;;. The third kappa shape index (κ3) is 26.2. The number of ether oxygens (including phenoxy) is 1. The van der Waals surface area contributed by atoms with Gasteiger partial charge in [0.05, 0.1) is 23.0 Å². The topological polar surface area (TPSA) is 90.3 Å². The van der Waals surface area contributed by atoms with Gasteiger partial charge < -0.3 is 24.7 Å². The molecule has 2 saturated carbocycles. The van der Waals surface area contributed by atoms with Crippen LogP contribution < -0.4 is 0 Å². The molecule has 0 aliphatic heterocycles. The first-order chi connectivity index (χ1) is 31.2. The minimum absolute atomic E-state index is 0. The first-order valence-corrected chi connectivity index (χ1v) is 24.6. The quantitative estimate of drug-likeness (QED) is 0.163. The molecular formula is C58H96B2N2O5. The highest BCUT2D eigenvalue weighted by Gasteiger charge is 2.36. The number of carbonyl (C=O) groups is 2. The zero-order valence-electron chi connectivity index (χ0n) is 45.7. The van der Waals surface area contributed by atoms with Crippen molar-refractivity contribution in [2.45, 2.75) is 183 Å². The normalized spacial score (nSPS) is 13.2. The van der Waals surface area contributed by atoms with E-state index < -0.39 is 10.8 Å². The van der Waals surface area contributed by atoms with Gasteiger partial charge in [0.2, 0.25) is 11.8 Å². The van der Waals surface area contributed by atoms with Crippen LogP contribution in [0.15, 0.2) is 121 Å². The SMILES string of the molecule is CC.CC.CC.CC.CC(O)c1ccccc1.CN(C(=O)C(C)(C)c1ccccc1)C1CCCC1.CN(C(=O)C(C)(C)c1ccccc1)C1CCCC1.CO.COC(C)c1ccccc1.[B].[B]. The third-order valence-electron chi connectivity index (χ3n) is 11.4. The summed E-state index contributed by atoms with van der Waals surface area (Å²) >= 11 is 0. The Hall–Kier alpha value is -4.17. The summed E-state index contributed by atoms with van der Waals surface area (Å²) in [6.45, 7) is 27.9. The summed E-state index contributed by atoms with van der Waals surface area (Å²) in [4.78, 5) is 29.3.